The minimum absolute atomic E-state index is 0.0323. The fourth-order valence-electron chi connectivity index (χ4n) is 3.11. The van der Waals surface area contributed by atoms with Crippen molar-refractivity contribution in [3.63, 3.8) is 0 Å². The highest BCUT2D eigenvalue weighted by Gasteiger charge is 2.16. The molecule has 0 bridgehead atoms. The van der Waals surface area contributed by atoms with Crippen molar-refractivity contribution in [3.05, 3.63) is 82.3 Å². The Labute approximate surface area is 187 Å². The van der Waals surface area contributed by atoms with E-state index in [9.17, 15) is 13.6 Å². The topological polar surface area (TPSA) is 97.0 Å². The standard InChI is InChI=1S/C22H20F2N6O3/c1-29-21(24)19(12-27-29)30-13-17(23)20(31)18(28-30)9-14-4-3-5-15(8-14)22-25-10-16(11-26-22)33-7-6-32-2/h3-5,8,10-13H,6-7,9H2,1-2H3. The zero-order chi connectivity index (χ0) is 23.4. The van der Waals surface area contributed by atoms with Gasteiger partial charge in [0.1, 0.15) is 18.0 Å². The van der Waals surface area contributed by atoms with E-state index in [-0.39, 0.29) is 17.8 Å². The van der Waals surface area contributed by atoms with Gasteiger partial charge in [-0.3, -0.25) is 4.79 Å². The van der Waals surface area contributed by atoms with Crippen LogP contribution in [0.25, 0.3) is 17.1 Å². The first kappa shape index (κ1) is 22.2. The molecule has 0 saturated heterocycles. The van der Waals surface area contributed by atoms with E-state index in [2.05, 4.69) is 20.2 Å². The maximum atomic E-state index is 14.3. The van der Waals surface area contributed by atoms with Gasteiger partial charge < -0.3 is 9.47 Å². The first-order chi connectivity index (χ1) is 16.0. The lowest BCUT2D eigenvalue weighted by Gasteiger charge is -2.08. The Morgan fingerprint density at radius 1 is 1.09 bits per heavy atom. The van der Waals surface area contributed by atoms with E-state index in [1.54, 1.807) is 37.7 Å². The van der Waals surface area contributed by atoms with Crippen LogP contribution in [0, 0.1) is 11.8 Å². The second-order valence-corrected chi connectivity index (χ2v) is 7.10. The number of rotatable bonds is 8. The van der Waals surface area contributed by atoms with Crippen LogP contribution in [-0.2, 0) is 18.2 Å². The smallest absolute Gasteiger partial charge is 0.239 e. The minimum atomic E-state index is -1.04. The van der Waals surface area contributed by atoms with Crippen LogP contribution in [0.1, 0.15) is 11.3 Å². The monoisotopic (exact) mass is 454 g/mol. The Bertz CT molecular complexity index is 1320. The molecule has 0 aliphatic heterocycles. The Balaban J connectivity index is 1.59. The summed E-state index contributed by atoms with van der Waals surface area (Å²) in [5.41, 5.74) is 0.400. The summed E-state index contributed by atoms with van der Waals surface area (Å²) in [7, 11) is 2.99. The Morgan fingerprint density at radius 2 is 1.88 bits per heavy atom. The molecular weight excluding hydrogens is 434 g/mol. The second-order valence-electron chi connectivity index (χ2n) is 7.10. The van der Waals surface area contributed by atoms with E-state index in [0.29, 0.717) is 35.9 Å². The lowest BCUT2D eigenvalue weighted by molar-refractivity contribution is 0.146. The molecule has 3 heterocycles. The molecule has 0 radical (unpaired) electrons. The van der Waals surface area contributed by atoms with Gasteiger partial charge in [0.05, 0.1) is 31.4 Å². The predicted octanol–water partition coefficient (Wildman–Crippen LogP) is 2.32. The van der Waals surface area contributed by atoms with Crippen molar-refractivity contribution in [2.45, 2.75) is 6.42 Å². The fraction of sp³-hybridized carbons (Fsp3) is 0.227. The Morgan fingerprint density at radius 3 is 2.58 bits per heavy atom. The van der Waals surface area contributed by atoms with Crippen LogP contribution in [-0.4, -0.2) is 49.9 Å². The maximum absolute atomic E-state index is 14.3. The Kier molecular flexibility index (Phi) is 6.50. The summed E-state index contributed by atoms with van der Waals surface area (Å²) in [5.74, 6) is -0.769. The average Bonchev–Trinajstić information content (AvgIpc) is 3.16. The fourth-order valence-corrected chi connectivity index (χ4v) is 3.11. The van der Waals surface area contributed by atoms with Crippen molar-refractivity contribution in [1.82, 2.24) is 29.5 Å². The quantitative estimate of drug-likeness (QED) is 0.377. The van der Waals surface area contributed by atoms with Gasteiger partial charge in [-0.05, 0) is 11.6 Å². The van der Waals surface area contributed by atoms with Gasteiger partial charge in [-0.25, -0.2) is 23.7 Å². The molecule has 0 atom stereocenters. The predicted molar refractivity (Wildman–Crippen MR) is 114 cm³/mol. The highest BCUT2D eigenvalue weighted by Crippen LogP contribution is 2.19. The lowest BCUT2D eigenvalue weighted by atomic mass is 10.1. The van der Waals surface area contributed by atoms with Crippen LogP contribution >= 0.6 is 0 Å². The van der Waals surface area contributed by atoms with Gasteiger partial charge in [0.2, 0.25) is 11.4 Å². The second kappa shape index (κ2) is 9.65. The van der Waals surface area contributed by atoms with Gasteiger partial charge >= 0.3 is 0 Å². The van der Waals surface area contributed by atoms with Crippen molar-refractivity contribution < 1.29 is 18.3 Å². The van der Waals surface area contributed by atoms with E-state index in [1.165, 1.54) is 13.2 Å². The van der Waals surface area contributed by atoms with Crippen molar-refractivity contribution >= 4 is 0 Å². The normalized spacial score (nSPS) is 11.0. The molecule has 0 fully saturated rings. The molecule has 9 nitrogen and oxygen atoms in total. The van der Waals surface area contributed by atoms with Crippen molar-refractivity contribution in [2.75, 3.05) is 20.3 Å². The summed E-state index contributed by atoms with van der Waals surface area (Å²) >= 11 is 0. The highest BCUT2D eigenvalue weighted by molar-refractivity contribution is 5.56. The van der Waals surface area contributed by atoms with E-state index in [0.717, 1.165) is 15.6 Å². The van der Waals surface area contributed by atoms with Crippen LogP contribution in [0.2, 0.25) is 0 Å². The van der Waals surface area contributed by atoms with Gasteiger partial charge in [0, 0.05) is 26.1 Å². The SMILES string of the molecule is COCCOc1cnc(-c2cccc(Cc3nn(-c4cnn(C)c4F)cc(F)c3=O)c2)nc1. The van der Waals surface area contributed by atoms with E-state index in [4.69, 9.17) is 9.47 Å². The summed E-state index contributed by atoms with van der Waals surface area (Å²) in [6.45, 7) is 0.836. The number of benzene rings is 1. The number of hydrogen-bond donors (Lipinski definition) is 0. The summed E-state index contributed by atoms with van der Waals surface area (Å²) in [6, 6.07) is 7.14. The molecule has 0 aliphatic carbocycles. The molecule has 11 heteroatoms. The molecule has 0 unspecified atom stereocenters. The Hall–Kier alpha value is -3.99. The number of ether oxygens (including phenoxy) is 2. The molecular formula is C22H20F2N6O3. The van der Waals surface area contributed by atoms with Crippen LogP contribution in [0.3, 0.4) is 0 Å². The summed E-state index contributed by atoms with van der Waals surface area (Å²) in [5, 5.41) is 7.92. The average molecular weight is 454 g/mol. The third-order valence-electron chi connectivity index (χ3n) is 4.78. The molecule has 4 rings (SSSR count). The third-order valence-corrected chi connectivity index (χ3v) is 4.78. The van der Waals surface area contributed by atoms with Crippen molar-refractivity contribution in [2.24, 2.45) is 7.05 Å². The molecule has 0 aliphatic rings. The van der Waals surface area contributed by atoms with Gasteiger partial charge in [-0.2, -0.15) is 14.6 Å². The van der Waals surface area contributed by atoms with E-state index >= 15 is 0 Å². The van der Waals surface area contributed by atoms with Crippen LogP contribution in [0.4, 0.5) is 8.78 Å². The van der Waals surface area contributed by atoms with E-state index in [1.807, 2.05) is 6.07 Å². The first-order valence-corrected chi connectivity index (χ1v) is 9.95. The maximum Gasteiger partial charge on any atom is 0.239 e. The molecule has 1 aromatic carbocycles. The van der Waals surface area contributed by atoms with Crippen LogP contribution in [0.5, 0.6) is 5.75 Å². The molecule has 3 aromatic heterocycles. The molecule has 0 spiro atoms. The number of halogens is 2. The van der Waals surface area contributed by atoms with Gasteiger partial charge in [-0.15, -0.1) is 0 Å². The van der Waals surface area contributed by atoms with Crippen molar-refractivity contribution in [3.8, 4) is 22.8 Å². The first-order valence-electron chi connectivity index (χ1n) is 9.95. The third kappa shape index (κ3) is 4.93. The van der Waals surface area contributed by atoms with Crippen LogP contribution < -0.4 is 10.2 Å². The summed E-state index contributed by atoms with van der Waals surface area (Å²) in [4.78, 5) is 20.9. The number of aryl methyl sites for hydroxylation is 1. The summed E-state index contributed by atoms with van der Waals surface area (Å²) in [6.07, 6.45) is 5.19. The van der Waals surface area contributed by atoms with Gasteiger partial charge in [-0.1, -0.05) is 18.2 Å². The highest BCUT2D eigenvalue weighted by atomic mass is 19.1. The van der Waals surface area contributed by atoms with Crippen LogP contribution in [0.15, 0.2) is 53.8 Å². The molecule has 0 N–H and O–H groups in total. The largest absolute Gasteiger partial charge is 0.488 e. The van der Waals surface area contributed by atoms with E-state index < -0.39 is 17.2 Å². The molecule has 0 saturated carbocycles. The number of methoxy groups -OCH3 is 1. The zero-order valence-electron chi connectivity index (χ0n) is 17.9. The molecule has 33 heavy (non-hydrogen) atoms. The number of nitrogens with zero attached hydrogens (tertiary/aromatic N) is 6. The number of aromatic nitrogens is 6. The van der Waals surface area contributed by atoms with Gasteiger partial charge in [0.15, 0.2) is 17.4 Å². The molecule has 170 valence electrons. The van der Waals surface area contributed by atoms with Crippen molar-refractivity contribution in [1.29, 1.82) is 0 Å². The minimum Gasteiger partial charge on any atom is -0.488 e. The number of hydrogen-bond acceptors (Lipinski definition) is 7. The molecule has 4 aromatic rings. The zero-order valence-corrected chi connectivity index (χ0v) is 17.9. The lowest BCUT2D eigenvalue weighted by Crippen LogP contribution is -2.21. The molecule has 0 amide bonds. The van der Waals surface area contributed by atoms with Gasteiger partial charge in [0.25, 0.3) is 0 Å². The summed E-state index contributed by atoms with van der Waals surface area (Å²) < 4.78 is 40.9.